The molecule has 0 fully saturated rings. The number of aryl methyl sites for hydroxylation is 1. The van der Waals surface area contributed by atoms with Crippen molar-refractivity contribution in [1.29, 1.82) is 0 Å². The van der Waals surface area contributed by atoms with Crippen LogP contribution in [0.4, 0.5) is 5.69 Å². The first-order chi connectivity index (χ1) is 10.2. The number of hydrogen-bond donors (Lipinski definition) is 0. The van der Waals surface area contributed by atoms with Crippen LogP contribution < -0.4 is 0 Å². The average molecular weight is 286 g/mol. The zero-order valence-corrected chi connectivity index (χ0v) is 11.5. The van der Waals surface area contributed by atoms with Crippen LogP contribution in [-0.2, 0) is 13.0 Å². The van der Waals surface area contributed by atoms with Crippen molar-refractivity contribution in [3.63, 3.8) is 0 Å². The summed E-state index contributed by atoms with van der Waals surface area (Å²) >= 11 is 0. The van der Waals surface area contributed by atoms with Gasteiger partial charge in [0.05, 0.1) is 11.5 Å². The zero-order valence-electron chi connectivity index (χ0n) is 11.5. The Labute approximate surface area is 120 Å². The molecule has 2 aromatic heterocycles. The largest absolute Gasteiger partial charge is 0.340 e. The number of benzene rings is 1. The van der Waals surface area contributed by atoms with Crippen molar-refractivity contribution in [2.75, 3.05) is 0 Å². The van der Waals surface area contributed by atoms with Crippen molar-refractivity contribution in [3.05, 3.63) is 52.3 Å². The Bertz CT molecular complexity index is 790. The van der Waals surface area contributed by atoms with Gasteiger partial charge in [-0.1, -0.05) is 12.1 Å². The number of non-ortho nitro benzene ring substituents is 1. The van der Waals surface area contributed by atoms with Crippen molar-refractivity contribution in [1.82, 2.24) is 14.7 Å². The Hall–Kier alpha value is -2.70. The van der Waals surface area contributed by atoms with Gasteiger partial charge in [-0.3, -0.25) is 10.1 Å². The van der Waals surface area contributed by atoms with Crippen LogP contribution in [0.3, 0.4) is 0 Å². The van der Waals surface area contributed by atoms with Gasteiger partial charge in [-0.25, -0.2) is 0 Å². The fourth-order valence-corrected chi connectivity index (χ4v) is 2.26. The van der Waals surface area contributed by atoms with Crippen molar-refractivity contribution < 1.29 is 9.45 Å². The molecule has 0 spiro atoms. The Morgan fingerprint density at radius 1 is 1.38 bits per heavy atom. The molecule has 0 saturated carbocycles. The third kappa shape index (κ3) is 2.62. The third-order valence-electron chi connectivity index (χ3n) is 3.25. The summed E-state index contributed by atoms with van der Waals surface area (Å²) in [7, 11) is 0. The molecule has 21 heavy (non-hydrogen) atoms. The quantitative estimate of drug-likeness (QED) is 0.531. The van der Waals surface area contributed by atoms with Crippen LogP contribution in [-0.4, -0.2) is 19.6 Å². The predicted octanol–water partition coefficient (Wildman–Crippen LogP) is 2.93. The van der Waals surface area contributed by atoms with E-state index in [9.17, 15) is 10.1 Å². The lowest BCUT2D eigenvalue weighted by atomic mass is 10.2. The molecular weight excluding hydrogens is 272 g/mol. The predicted molar refractivity (Wildman–Crippen MR) is 76.0 cm³/mol. The SMILES string of the molecule is CCCc1nc(Cn2ccc3cc([N+](=O)[O-])ccc32)no1. The molecule has 7 nitrogen and oxygen atoms in total. The summed E-state index contributed by atoms with van der Waals surface area (Å²) in [5.41, 5.74) is 0.993. The van der Waals surface area contributed by atoms with E-state index in [4.69, 9.17) is 4.52 Å². The molecule has 3 rings (SSSR count). The van der Waals surface area contributed by atoms with Crippen LogP contribution in [0, 0.1) is 10.1 Å². The fourth-order valence-electron chi connectivity index (χ4n) is 2.26. The molecule has 0 bridgehead atoms. The molecule has 0 unspecified atom stereocenters. The summed E-state index contributed by atoms with van der Waals surface area (Å²) in [5, 5.41) is 15.5. The molecule has 2 heterocycles. The van der Waals surface area contributed by atoms with E-state index in [1.807, 2.05) is 16.8 Å². The van der Waals surface area contributed by atoms with Gasteiger partial charge < -0.3 is 9.09 Å². The lowest BCUT2D eigenvalue weighted by Crippen LogP contribution is -2.00. The lowest BCUT2D eigenvalue weighted by molar-refractivity contribution is -0.384. The summed E-state index contributed by atoms with van der Waals surface area (Å²) in [5.74, 6) is 1.24. The van der Waals surface area contributed by atoms with Gasteiger partial charge in [0.25, 0.3) is 5.69 Å². The molecular formula is C14H14N4O3. The smallest absolute Gasteiger partial charge is 0.270 e. The number of nitrogens with zero attached hydrogens (tertiary/aromatic N) is 4. The maximum Gasteiger partial charge on any atom is 0.270 e. The second-order valence-corrected chi connectivity index (χ2v) is 4.80. The van der Waals surface area contributed by atoms with Crippen LogP contribution in [0.15, 0.2) is 35.0 Å². The zero-order chi connectivity index (χ0) is 14.8. The minimum absolute atomic E-state index is 0.0880. The maximum absolute atomic E-state index is 10.8. The fraction of sp³-hybridized carbons (Fsp3) is 0.286. The van der Waals surface area contributed by atoms with Crippen LogP contribution >= 0.6 is 0 Å². The van der Waals surface area contributed by atoms with Crippen LogP contribution in [0.1, 0.15) is 25.1 Å². The molecule has 1 aromatic carbocycles. The number of fused-ring (bicyclic) bond motifs is 1. The van der Waals surface area contributed by atoms with E-state index >= 15 is 0 Å². The Morgan fingerprint density at radius 3 is 3.00 bits per heavy atom. The monoisotopic (exact) mass is 286 g/mol. The summed E-state index contributed by atoms with van der Waals surface area (Å²) in [6.45, 7) is 2.53. The van der Waals surface area contributed by atoms with E-state index in [0.29, 0.717) is 18.3 Å². The number of aromatic nitrogens is 3. The molecule has 0 atom stereocenters. The van der Waals surface area contributed by atoms with Gasteiger partial charge >= 0.3 is 0 Å². The molecule has 0 aliphatic carbocycles. The van der Waals surface area contributed by atoms with Crippen LogP contribution in [0.5, 0.6) is 0 Å². The Morgan fingerprint density at radius 2 is 2.24 bits per heavy atom. The summed E-state index contributed by atoms with van der Waals surface area (Å²) in [4.78, 5) is 14.7. The number of hydrogen-bond acceptors (Lipinski definition) is 5. The third-order valence-corrected chi connectivity index (χ3v) is 3.25. The number of nitro benzene ring substituents is 1. The Kier molecular flexibility index (Phi) is 3.39. The highest BCUT2D eigenvalue weighted by molar-refractivity contribution is 5.82. The van der Waals surface area contributed by atoms with E-state index in [1.54, 1.807) is 12.1 Å². The van der Waals surface area contributed by atoms with Crippen molar-refractivity contribution in [3.8, 4) is 0 Å². The molecule has 0 saturated heterocycles. The first-order valence-corrected chi connectivity index (χ1v) is 6.72. The molecule has 0 aliphatic heterocycles. The lowest BCUT2D eigenvalue weighted by Gasteiger charge is -2.01. The number of nitro groups is 1. The van der Waals surface area contributed by atoms with Gasteiger partial charge in [0.15, 0.2) is 5.82 Å². The van der Waals surface area contributed by atoms with Crippen molar-refractivity contribution >= 4 is 16.6 Å². The van der Waals surface area contributed by atoms with Crippen LogP contribution in [0.2, 0.25) is 0 Å². The molecule has 7 heteroatoms. The minimum Gasteiger partial charge on any atom is -0.340 e. The van der Waals surface area contributed by atoms with E-state index in [-0.39, 0.29) is 5.69 Å². The first kappa shape index (κ1) is 13.3. The Balaban J connectivity index is 1.88. The van der Waals surface area contributed by atoms with Gasteiger partial charge in [0.2, 0.25) is 5.89 Å². The van der Waals surface area contributed by atoms with Gasteiger partial charge in [-0.15, -0.1) is 0 Å². The van der Waals surface area contributed by atoms with Gasteiger partial charge in [0.1, 0.15) is 0 Å². The molecule has 0 N–H and O–H groups in total. The van der Waals surface area contributed by atoms with Gasteiger partial charge in [0, 0.05) is 35.7 Å². The topological polar surface area (TPSA) is 87.0 Å². The molecule has 0 amide bonds. The molecule has 3 aromatic rings. The van der Waals surface area contributed by atoms with Crippen molar-refractivity contribution in [2.45, 2.75) is 26.3 Å². The van der Waals surface area contributed by atoms with E-state index in [2.05, 4.69) is 17.1 Å². The second-order valence-electron chi connectivity index (χ2n) is 4.80. The van der Waals surface area contributed by atoms with E-state index in [1.165, 1.54) is 6.07 Å². The van der Waals surface area contributed by atoms with Gasteiger partial charge in [-0.05, 0) is 18.6 Å². The number of rotatable bonds is 5. The minimum atomic E-state index is -0.396. The standard InChI is InChI=1S/C14H14N4O3/c1-2-3-14-15-13(16-21-14)9-17-7-6-10-8-11(18(19)20)4-5-12(10)17/h4-8H,2-3,9H2,1H3. The average Bonchev–Trinajstić information content (AvgIpc) is 3.07. The highest BCUT2D eigenvalue weighted by Crippen LogP contribution is 2.22. The highest BCUT2D eigenvalue weighted by Gasteiger charge is 2.11. The first-order valence-electron chi connectivity index (χ1n) is 6.72. The summed E-state index contributed by atoms with van der Waals surface area (Å²) in [6.07, 6.45) is 3.59. The maximum atomic E-state index is 10.8. The van der Waals surface area contributed by atoms with E-state index < -0.39 is 4.92 Å². The van der Waals surface area contributed by atoms with Crippen LogP contribution in [0.25, 0.3) is 10.9 Å². The summed E-state index contributed by atoms with van der Waals surface area (Å²) in [6, 6.07) is 6.64. The second kappa shape index (κ2) is 5.35. The van der Waals surface area contributed by atoms with E-state index in [0.717, 1.165) is 23.7 Å². The van der Waals surface area contributed by atoms with Gasteiger partial charge in [-0.2, -0.15) is 4.98 Å². The molecule has 108 valence electrons. The summed E-state index contributed by atoms with van der Waals surface area (Å²) < 4.78 is 7.10. The normalized spacial score (nSPS) is 11.1. The molecule has 0 radical (unpaired) electrons. The highest BCUT2D eigenvalue weighted by atomic mass is 16.6. The molecule has 0 aliphatic rings. The van der Waals surface area contributed by atoms with Crippen molar-refractivity contribution in [2.24, 2.45) is 0 Å².